The average molecular weight is 439 g/mol. The highest BCUT2D eigenvalue weighted by atomic mass is 19.2. The minimum Gasteiger partial charge on any atom is -0.490 e. The molecule has 4 heterocycles. The third-order valence-electron chi connectivity index (χ3n) is 5.97. The van der Waals surface area contributed by atoms with E-state index in [-0.39, 0.29) is 11.8 Å². The van der Waals surface area contributed by atoms with Crippen molar-refractivity contribution in [1.82, 2.24) is 19.9 Å². The summed E-state index contributed by atoms with van der Waals surface area (Å²) in [5.74, 6) is -0.566. The van der Waals surface area contributed by atoms with E-state index in [9.17, 15) is 8.78 Å². The molecule has 1 atom stereocenters. The molecule has 0 aliphatic carbocycles. The number of hydrogen-bond donors (Lipinski definition) is 0. The van der Waals surface area contributed by atoms with E-state index in [2.05, 4.69) is 19.9 Å². The van der Waals surface area contributed by atoms with Gasteiger partial charge in [-0.25, -0.2) is 24.3 Å². The van der Waals surface area contributed by atoms with E-state index in [1.807, 2.05) is 11.8 Å². The highest BCUT2D eigenvalue weighted by Crippen LogP contribution is 2.36. The SMILES string of the molecule is CC1c2cnc(-c3ncccn3)nc2CCN1c1cc(F)c(F)c(OCCC2COC2)c1. The van der Waals surface area contributed by atoms with Crippen LogP contribution in [0.5, 0.6) is 5.75 Å². The Morgan fingerprint density at radius 2 is 1.94 bits per heavy atom. The van der Waals surface area contributed by atoms with Gasteiger partial charge in [0.2, 0.25) is 5.82 Å². The summed E-state index contributed by atoms with van der Waals surface area (Å²) < 4.78 is 39.4. The first kappa shape index (κ1) is 20.7. The number of benzene rings is 1. The molecule has 1 unspecified atom stereocenters. The Morgan fingerprint density at radius 3 is 2.69 bits per heavy atom. The molecule has 7 nitrogen and oxygen atoms in total. The highest BCUT2D eigenvalue weighted by molar-refractivity contribution is 5.55. The van der Waals surface area contributed by atoms with Crippen molar-refractivity contribution in [2.24, 2.45) is 5.92 Å². The van der Waals surface area contributed by atoms with Crippen molar-refractivity contribution in [3.8, 4) is 17.4 Å². The van der Waals surface area contributed by atoms with Crippen LogP contribution >= 0.6 is 0 Å². The smallest absolute Gasteiger partial charge is 0.200 e. The van der Waals surface area contributed by atoms with Crippen LogP contribution in [-0.2, 0) is 11.2 Å². The molecule has 0 saturated carbocycles. The molecule has 2 aliphatic heterocycles. The van der Waals surface area contributed by atoms with E-state index in [1.54, 1.807) is 30.7 Å². The molecule has 0 spiro atoms. The number of anilines is 1. The van der Waals surface area contributed by atoms with Gasteiger partial charge in [0.05, 0.1) is 31.6 Å². The molecule has 0 radical (unpaired) electrons. The summed E-state index contributed by atoms with van der Waals surface area (Å²) in [6.07, 6.45) is 6.46. The number of hydrogen-bond acceptors (Lipinski definition) is 7. The standard InChI is InChI=1S/C23H23F2N5O2/c1-14-17-11-28-23(22-26-5-2-6-27-22)29-19(17)3-7-30(14)16-9-18(24)21(25)20(10-16)32-8-4-15-12-31-13-15/h2,5-6,9-11,14-15H,3-4,7-8,12-13H2,1H3. The Hall–Kier alpha value is -3.20. The summed E-state index contributed by atoms with van der Waals surface area (Å²) >= 11 is 0. The lowest BCUT2D eigenvalue weighted by Crippen LogP contribution is -2.35. The number of rotatable bonds is 6. The largest absolute Gasteiger partial charge is 0.490 e. The quantitative estimate of drug-likeness (QED) is 0.579. The minimum atomic E-state index is -0.959. The predicted octanol–water partition coefficient (Wildman–Crippen LogP) is 3.75. The van der Waals surface area contributed by atoms with Gasteiger partial charge >= 0.3 is 0 Å². The maximum Gasteiger partial charge on any atom is 0.200 e. The Morgan fingerprint density at radius 1 is 1.12 bits per heavy atom. The second-order valence-corrected chi connectivity index (χ2v) is 8.07. The van der Waals surface area contributed by atoms with Crippen LogP contribution in [0.3, 0.4) is 0 Å². The van der Waals surface area contributed by atoms with Gasteiger partial charge in [-0.05, 0) is 19.4 Å². The van der Waals surface area contributed by atoms with Crippen LogP contribution in [0.1, 0.15) is 30.6 Å². The predicted molar refractivity (Wildman–Crippen MR) is 113 cm³/mol. The summed E-state index contributed by atoms with van der Waals surface area (Å²) in [4.78, 5) is 19.5. The van der Waals surface area contributed by atoms with E-state index in [0.29, 0.717) is 56.0 Å². The van der Waals surface area contributed by atoms with Crippen molar-refractivity contribution in [2.45, 2.75) is 25.8 Å². The molecule has 0 amide bonds. The highest BCUT2D eigenvalue weighted by Gasteiger charge is 2.28. The Kier molecular flexibility index (Phi) is 5.65. The van der Waals surface area contributed by atoms with Crippen LogP contribution in [-0.4, -0.2) is 46.3 Å². The number of halogens is 2. The van der Waals surface area contributed by atoms with Crippen LogP contribution in [0, 0.1) is 17.6 Å². The molecule has 9 heteroatoms. The van der Waals surface area contributed by atoms with Gasteiger partial charge in [0.1, 0.15) is 0 Å². The number of ether oxygens (including phenoxy) is 2. The van der Waals surface area contributed by atoms with Crippen LogP contribution in [0.4, 0.5) is 14.5 Å². The van der Waals surface area contributed by atoms with Gasteiger partial charge in [0.15, 0.2) is 23.2 Å². The van der Waals surface area contributed by atoms with E-state index in [4.69, 9.17) is 9.47 Å². The molecule has 166 valence electrons. The average Bonchev–Trinajstić information content (AvgIpc) is 2.78. The molecule has 5 rings (SSSR count). The summed E-state index contributed by atoms with van der Waals surface area (Å²) in [6.45, 7) is 4.32. The molecular formula is C23H23F2N5O2. The zero-order valence-electron chi connectivity index (χ0n) is 17.7. The first-order chi connectivity index (χ1) is 15.6. The molecule has 3 aromatic rings. The van der Waals surface area contributed by atoms with Crippen LogP contribution in [0.2, 0.25) is 0 Å². The summed E-state index contributed by atoms with van der Waals surface area (Å²) in [6, 6.07) is 4.42. The third kappa shape index (κ3) is 4.00. The molecular weight excluding hydrogens is 416 g/mol. The fourth-order valence-corrected chi connectivity index (χ4v) is 4.05. The van der Waals surface area contributed by atoms with Crippen molar-refractivity contribution in [1.29, 1.82) is 0 Å². The number of fused-ring (bicyclic) bond motifs is 1. The Labute approximate surface area is 184 Å². The van der Waals surface area contributed by atoms with Crippen LogP contribution < -0.4 is 9.64 Å². The molecule has 0 bridgehead atoms. The van der Waals surface area contributed by atoms with Crippen molar-refractivity contribution in [3.63, 3.8) is 0 Å². The van der Waals surface area contributed by atoms with Gasteiger partial charge < -0.3 is 14.4 Å². The van der Waals surface area contributed by atoms with E-state index >= 15 is 0 Å². The van der Waals surface area contributed by atoms with Gasteiger partial charge in [-0.1, -0.05) is 0 Å². The van der Waals surface area contributed by atoms with Crippen molar-refractivity contribution >= 4 is 5.69 Å². The van der Waals surface area contributed by atoms with Crippen molar-refractivity contribution < 1.29 is 18.3 Å². The second kappa shape index (κ2) is 8.74. The topological polar surface area (TPSA) is 73.3 Å². The fourth-order valence-electron chi connectivity index (χ4n) is 4.05. The normalized spacial score (nSPS) is 18.2. The molecule has 2 aliphatic rings. The summed E-state index contributed by atoms with van der Waals surface area (Å²) in [5.41, 5.74) is 2.42. The number of nitrogens with zero attached hydrogens (tertiary/aromatic N) is 5. The molecule has 1 fully saturated rings. The Bertz CT molecular complexity index is 1110. The monoisotopic (exact) mass is 439 g/mol. The van der Waals surface area contributed by atoms with Gasteiger partial charge in [0.25, 0.3) is 0 Å². The van der Waals surface area contributed by atoms with Crippen molar-refractivity contribution in [2.75, 3.05) is 31.3 Å². The maximum atomic E-state index is 14.4. The van der Waals surface area contributed by atoms with Gasteiger partial charge in [-0.3, -0.25) is 0 Å². The molecule has 1 aromatic carbocycles. The van der Waals surface area contributed by atoms with Crippen LogP contribution in [0.25, 0.3) is 11.6 Å². The zero-order chi connectivity index (χ0) is 22.1. The van der Waals surface area contributed by atoms with Crippen LogP contribution in [0.15, 0.2) is 36.8 Å². The summed E-state index contributed by atoms with van der Waals surface area (Å²) in [5, 5.41) is 0. The molecule has 2 aromatic heterocycles. The third-order valence-corrected chi connectivity index (χ3v) is 5.97. The van der Waals surface area contributed by atoms with Gasteiger partial charge in [-0.2, -0.15) is 4.39 Å². The minimum absolute atomic E-state index is 0.0638. The lowest BCUT2D eigenvalue weighted by molar-refractivity contribution is -0.0402. The van der Waals surface area contributed by atoms with E-state index in [1.165, 1.54) is 6.07 Å². The van der Waals surface area contributed by atoms with E-state index in [0.717, 1.165) is 17.7 Å². The second-order valence-electron chi connectivity index (χ2n) is 8.07. The lowest BCUT2D eigenvalue weighted by Gasteiger charge is -2.36. The molecule has 32 heavy (non-hydrogen) atoms. The van der Waals surface area contributed by atoms with Gasteiger partial charge in [-0.15, -0.1) is 0 Å². The fraction of sp³-hybridized carbons (Fsp3) is 0.391. The first-order valence-corrected chi connectivity index (χ1v) is 10.7. The maximum absolute atomic E-state index is 14.4. The summed E-state index contributed by atoms with van der Waals surface area (Å²) in [7, 11) is 0. The Balaban J connectivity index is 1.36. The molecule has 1 saturated heterocycles. The van der Waals surface area contributed by atoms with Crippen molar-refractivity contribution in [3.05, 3.63) is 59.7 Å². The first-order valence-electron chi connectivity index (χ1n) is 10.7. The van der Waals surface area contributed by atoms with E-state index < -0.39 is 11.6 Å². The molecule has 0 N–H and O–H groups in total. The van der Waals surface area contributed by atoms with Gasteiger partial charge in [0, 0.05) is 60.9 Å². The zero-order valence-corrected chi connectivity index (χ0v) is 17.7. The lowest BCUT2D eigenvalue weighted by atomic mass is 9.98. The number of aromatic nitrogens is 4.